The number of piperazine rings is 1. The maximum atomic E-state index is 14.5. The molecule has 11 nitrogen and oxygen atoms in total. The summed E-state index contributed by atoms with van der Waals surface area (Å²) in [5.74, 6) is -2.40. The molecule has 5 rings (SSSR count). The molecule has 0 bridgehead atoms. The summed E-state index contributed by atoms with van der Waals surface area (Å²) in [6.45, 7) is 5.34. The number of ether oxygens (including phenoxy) is 2. The van der Waals surface area contributed by atoms with Gasteiger partial charge in [0, 0.05) is 55.8 Å². The van der Waals surface area contributed by atoms with Gasteiger partial charge in [-0.2, -0.15) is 0 Å². The minimum absolute atomic E-state index is 0.00502. The predicted molar refractivity (Wildman–Crippen MR) is 169 cm³/mol. The van der Waals surface area contributed by atoms with Crippen molar-refractivity contribution < 1.29 is 37.4 Å². The Hall–Kier alpha value is -4.81. The van der Waals surface area contributed by atoms with Gasteiger partial charge in [0.2, 0.25) is 5.91 Å². The second kappa shape index (κ2) is 15.2. The van der Waals surface area contributed by atoms with Crippen LogP contribution in [0.1, 0.15) is 60.3 Å². The van der Waals surface area contributed by atoms with Crippen molar-refractivity contribution in [2.45, 2.75) is 45.6 Å². The van der Waals surface area contributed by atoms with E-state index in [1.807, 2.05) is 19.9 Å². The molecular weight excluding hydrogens is 612 g/mol. The molecule has 2 saturated heterocycles. The molecule has 1 aromatic heterocycles. The summed E-state index contributed by atoms with van der Waals surface area (Å²) >= 11 is 0. The van der Waals surface area contributed by atoms with Crippen molar-refractivity contribution >= 4 is 34.7 Å². The molecule has 2 aromatic carbocycles. The van der Waals surface area contributed by atoms with Gasteiger partial charge in [-0.05, 0) is 49.9 Å². The van der Waals surface area contributed by atoms with Crippen molar-refractivity contribution in [1.29, 1.82) is 0 Å². The molecular formula is C34H39F2N5O6. The molecule has 3 heterocycles. The van der Waals surface area contributed by atoms with Crippen LogP contribution in [0.3, 0.4) is 0 Å². The van der Waals surface area contributed by atoms with E-state index in [2.05, 4.69) is 10.3 Å². The van der Waals surface area contributed by atoms with Gasteiger partial charge < -0.3 is 29.5 Å². The minimum Gasteiger partial charge on any atom is -0.483 e. The van der Waals surface area contributed by atoms with Crippen LogP contribution >= 0.6 is 0 Å². The smallest absolute Gasteiger partial charge is 0.409 e. The summed E-state index contributed by atoms with van der Waals surface area (Å²) in [5, 5.41) is 3.21. The molecule has 2 aliphatic heterocycles. The van der Waals surface area contributed by atoms with Gasteiger partial charge in [-0.25, -0.2) is 18.6 Å². The third kappa shape index (κ3) is 8.13. The number of nitrogens with one attached hydrogen (secondary N) is 1. The number of likely N-dealkylation sites (tertiary alicyclic amines) is 1. The van der Waals surface area contributed by atoms with E-state index in [1.165, 1.54) is 23.1 Å². The highest BCUT2D eigenvalue weighted by molar-refractivity contribution is 5.98. The number of pyridine rings is 1. The van der Waals surface area contributed by atoms with Gasteiger partial charge in [-0.15, -0.1) is 0 Å². The van der Waals surface area contributed by atoms with Crippen molar-refractivity contribution in [3.63, 3.8) is 0 Å². The van der Waals surface area contributed by atoms with E-state index in [4.69, 9.17) is 9.47 Å². The highest BCUT2D eigenvalue weighted by Crippen LogP contribution is 2.34. The highest BCUT2D eigenvalue weighted by Gasteiger charge is 2.32. The average molecular weight is 652 g/mol. The van der Waals surface area contributed by atoms with Crippen molar-refractivity contribution in [1.82, 2.24) is 25.0 Å². The van der Waals surface area contributed by atoms with E-state index in [0.29, 0.717) is 63.1 Å². The maximum Gasteiger partial charge on any atom is 0.409 e. The molecule has 250 valence electrons. The first kappa shape index (κ1) is 33.6. The fourth-order valence-corrected chi connectivity index (χ4v) is 5.82. The summed E-state index contributed by atoms with van der Waals surface area (Å²) in [7, 11) is 0. The average Bonchev–Trinajstić information content (AvgIpc) is 3.55. The molecule has 0 saturated carbocycles. The Morgan fingerprint density at radius 3 is 2.47 bits per heavy atom. The number of amides is 4. The van der Waals surface area contributed by atoms with Crippen LogP contribution < -0.4 is 10.1 Å². The molecule has 0 aliphatic carbocycles. The monoisotopic (exact) mass is 651 g/mol. The Bertz CT molecular complexity index is 1640. The number of rotatable bonds is 10. The molecule has 2 fully saturated rings. The summed E-state index contributed by atoms with van der Waals surface area (Å²) in [6.07, 6.45) is 2.52. The van der Waals surface area contributed by atoms with Gasteiger partial charge in [-0.1, -0.05) is 25.5 Å². The number of hydrogen-bond donors (Lipinski definition) is 1. The standard InChI is InChI=1S/C34H39F2N5O6/c1-3-4-16-46-34(45)40-14-12-39(13-15-40)31(42)20-37-33(44)28-19-30(25-9-7-22(2)17-27(25)38-28)47-21-32(43)41-11-5-6-29(41)24-10-8-23(35)18-26(24)36/h7-10,17-19,29H,3-6,11-16,20-21H2,1-2H3,(H,37,44). The predicted octanol–water partition coefficient (Wildman–Crippen LogP) is 4.37. The number of carbonyl (C=O) groups excluding carboxylic acids is 4. The van der Waals surface area contributed by atoms with Gasteiger partial charge in [0.25, 0.3) is 11.8 Å². The quantitative estimate of drug-likeness (QED) is 0.323. The maximum absolute atomic E-state index is 14.5. The molecule has 47 heavy (non-hydrogen) atoms. The van der Waals surface area contributed by atoms with Gasteiger partial charge in [0.1, 0.15) is 23.1 Å². The Morgan fingerprint density at radius 1 is 0.957 bits per heavy atom. The highest BCUT2D eigenvalue weighted by atomic mass is 19.1. The Kier molecular flexibility index (Phi) is 10.8. The van der Waals surface area contributed by atoms with Crippen LogP contribution in [0.2, 0.25) is 0 Å². The van der Waals surface area contributed by atoms with Crippen LogP contribution in [0.5, 0.6) is 5.75 Å². The normalized spacial score (nSPS) is 16.3. The molecule has 1 unspecified atom stereocenters. The first-order valence-electron chi connectivity index (χ1n) is 15.9. The van der Waals surface area contributed by atoms with Crippen molar-refractivity contribution in [2.24, 2.45) is 0 Å². The second-order valence-electron chi connectivity index (χ2n) is 11.7. The van der Waals surface area contributed by atoms with Gasteiger partial charge in [0.15, 0.2) is 6.61 Å². The number of hydrogen-bond acceptors (Lipinski definition) is 7. The van der Waals surface area contributed by atoms with Crippen molar-refractivity contribution in [2.75, 3.05) is 52.5 Å². The lowest BCUT2D eigenvalue weighted by atomic mass is 10.0. The number of aryl methyl sites for hydroxylation is 1. The van der Waals surface area contributed by atoms with Crippen molar-refractivity contribution in [3.05, 3.63) is 70.9 Å². The first-order chi connectivity index (χ1) is 22.6. The van der Waals surface area contributed by atoms with Crippen LogP contribution in [0.15, 0.2) is 42.5 Å². The third-order valence-electron chi connectivity index (χ3n) is 8.42. The molecule has 0 radical (unpaired) electrons. The fourth-order valence-electron chi connectivity index (χ4n) is 5.82. The number of unbranched alkanes of at least 4 members (excludes halogenated alkanes) is 1. The van der Waals surface area contributed by atoms with Crippen LogP contribution in [-0.4, -0.2) is 96.0 Å². The molecule has 1 N–H and O–H groups in total. The molecule has 13 heteroatoms. The number of nitrogens with zero attached hydrogens (tertiary/aromatic N) is 4. The largest absolute Gasteiger partial charge is 0.483 e. The number of carbonyl (C=O) groups is 4. The minimum atomic E-state index is -0.704. The summed E-state index contributed by atoms with van der Waals surface area (Å²) in [5.41, 5.74) is 1.63. The fraction of sp³-hybridized carbons (Fsp3) is 0.441. The third-order valence-corrected chi connectivity index (χ3v) is 8.42. The van der Waals surface area contributed by atoms with Crippen molar-refractivity contribution in [3.8, 4) is 5.75 Å². The molecule has 3 aromatic rings. The van der Waals surface area contributed by atoms with Crippen LogP contribution in [0.4, 0.5) is 13.6 Å². The lowest BCUT2D eigenvalue weighted by Gasteiger charge is -2.34. The number of aromatic nitrogens is 1. The van der Waals surface area contributed by atoms with E-state index in [1.54, 1.807) is 21.9 Å². The number of benzene rings is 2. The summed E-state index contributed by atoms with van der Waals surface area (Å²) in [4.78, 5) is 60.6. The lowest BCUT2D eigenvalue weighted by molar-refractivity contribution is -0.134. The van der Waals surface area contributed by atoms with Gasteiger partial charge in [-0.3, -0.25) is 14.4 Å². The zero-order valence-electron chi connectivity index (χ0n) is 26.6. The first-order valence-corrected chi connectivity index (χ1v) is 15.9. The zero-order chi connectivity index (χ0) is 33.5. The molecule has 4 amide bonds. The Morgan fingerprint density at radius 2 is 1.72 bits per heavy atom. The topological polar surface area (TPSA) is 121 Å². The SMILES string of the molecule is CCCCOC(=O)N1CCN(C(=O)CNC(=O)c2cc(OCC(=O)N3CCCC3c3ccc(F)cc3F)c3ccc(C)cc3n2)CC1. The molecule has 2 aliphatic rings. The van der Waals surface area contributed by atoms with Gasteiger partial charge >= 0.3 is 6.09 Å². The summed E-state index contributed by atoms with van der Waals surface area (Å²) < 4.78 is 39.2. The van der Waals surface area contributed by atoms with E-state index in [-0.39, 0.29) is 42.0 Å². The van der Waals surface area contributed by atoms with E-state index >= 15 is 0 Å². The second-order valence-corrected chi connectivity index (χ2v) is 11.7. The summed E-state index contributed by atoms with van der Waals surface area (Å²) in [6, 6.07) is 9.67. The van der Waals surface area contributed by atoms with E-state index < -0.39 is 29.7 Å². The molecule has 0 spiro atoms. The zero-order valence-corrected chi connectivity index (χ0v) is 26.6. The Labute approximate surface area is 271 Å². The van der Waals surface area contributed by atoms with Crippen LogP contribution in [0.25, 0.3) is 10.9 Å². The Balaban J connectivity index is 1.21. The van der Waals surface area contributed by atoms with E-state index in [0.717, 1.165) is 24.5 Å². The van der Waals surface area contributed by atoms with Gasteiger partial charge in [0.05, 0.1) is 24.7 Å². The number of fused-ring (bicyclic) bond motifs is 1. The number of halogens is 2. The lowest BCUT2D eigenvalue weighted by Crippen LogP contribution is -2.52. The van der Waals surface area contributed by atoms with Crippen LogP contribution in [0, 0.1) is 18.6 Å². The van der Waals surface area contributed by atoms with E-state index in [9.17, 15) is 28.0 Å². The molecule has 1 atom stereocenters. The van der Waals surface area contributed by atoms with Crippen LogP contribution in [-0.2, 0) is 14.3 Å².